The van der Waals surface area contributed by atoms with E-state index in [0.29, 0.717) is 0 Å². The molecule has 3 aromatic rings. The summed E-state index contributed by atoms with van der Waals surface area (Å²) in [5.74, 6) is 0.889. The predicted octanol–water partition coefficient (Wildman–Crippen LogP) is 2.42. The number of aromatic nitrogens is 4. The number of imidazole rings is 1. The Kier molecular flexibility index (Phi) is 4.79. The van der Waals surface area contributed by atoms with Gasteiger partial charge in [0.15, 0.2) is 0 Å². The summed E-state index contributed by atoms with van der Waals surface area (Å²) in [7, 11) is 6.18. The molecule has 1 aliphatic carbocycles. The Bertz CT molecular complexity index is 1110. The maximum atomic E-state index is 12.5. The fourth-order valence-electron chi connectivity index (χ4n) is 5.09. The highest BCUT2D eigenvalue weighted by Crippen LogP contribution is 2.46. The third-order valence-corrected chi connectivity index (χ3v) is 6.40. The number of hydrogen-bond acceptors (Lipinski definition) is 5. The van der Waals surface area contributed by atoms with Crippen LogP contribution in [0.15, 0.2) is 41.5 Å². The first kappa shape index (κ1) is 19.2. The van der Waals surface area contributed by atoms with Crippen LogP contribution < -0.4 is 10.9 Å². The summed E-state index contributed by atoms with van der Waals surface area (Å²) < 4.78 is 2.06. The van der Waals surface area contributed by atoms with Crippen LogP contribution in [0, 0.1) is 0 Å². The van der Waals surface area contributed by atoms with E-state index in [1.807, 2.05) is 19.4 Å². The molecule has 2 aliphatic rings. The normalized spacial score (nSPS) is 22.9. The van der Waals surface area contributed by atoms with Crippen molar-refractivity contribution in [2.45, 2.75) is 43.8 Å². The molecule has 156 valence electrons. The minimum atomic E-state index is -0.0651. The molecule has 1 aliphatic heterocycles. The van der Waals surface area contributed by atoms with Crippen molar-refractivity contribution < 1.29 is 0 Å². The first-order chi connectivity index (χ1) is 14.5. The zero-order chi connectivity index (χ0) is 20.8. The molecule has 30 heavy (non-hydrogen) atoms. The minimum Gasteiger partial charge on any atom is -0.337 e. The van der Waals surface area contributed by atoms with Gasteiger partial charge in [-0.25, -0.2) is 10.1 Å². The lowest BCUT2D eigenvalue weighted by Gasteiger charge is -2.41. The minimum absolute atomic E-state index is 0.0429. The lowest BCUT2D eigenvalue weighted by atomic mass is 9.76. The van der Waals surface area contributed by atoms with Crippen LogP contribution in [0.25, 0.3) is 0 Å². The van der Waals surface area contributed by atoms with E-state index in [2.05, 4.69) is 68.3 Å². The zero-order valence-corrected chi connectivity index (χ0v) is 17.7. The summed E-state index contributed by atoms with van der Waals surface area (Å²) in [6.45, 7) is 0.915. The van der Waals surface area contributed by atoms with E-state index in [-0.39, 0.29) is 23.6 Å². The van der Waals surface area contributed by atoms with Crippen molar-refractivity contribution in [2.75, 3.05) is 14.1 Å². The molecule has 0 amide bonds. The molecule has 0 fully saturated rings. The number of aromatic amines is 1. The molecule has 7 nitrogen and oxygen atoms in total. The van der Waals surface area contributed by atoms with Gasteiger partial charge in [-0.2, -0.15) is 5.10 Å². The smallest absolute Gasteiger partial charge is 0.267 e. The van der Waals surface area contributed by atoms with Crippen molar-refractivity contribution in [3.05, 3.63) is 80.8 Å². The fraction of sp³-hybridized carbons (Fsp3) is 0.435. The maximum Gasteiger partial charge on any atom is 0.267 e. The van der Waals surface area contributed by atoms with Crippen molar-refractivity contribution in [3.63, 3.8) is 0 Å². The summed E-state index contributed by atoms with van der Waals surface area (Å²) in [5, 5.41) is 11.2. The van der Waals surface area contributed by atoms with Crippen LogP contribution in [0.1, 0.15) is 64.6 Å². The van der Waals surface area contributed by atoms with Crippen LogP contribution in [0.3, 0.4) is 0 Å². The van der Waals surface area contributed by atoms with E-state index >= 15 is 0 Å². The van der Waals surface area contributed by atoms with E-state index in [1.165, 1.54) is 11.1 Å². The van der Waals surface area contributed by atoms with Gasteiger partial charge in [-0.1, -0.05) is 24.3 Å². The zero-order valence-electron chi connectivity index (χ0n) is 17.7. The lowest BCUT2D eigenvalue weighted by molar-refractivity contribution is 0.328. The van der Waals surface area contributed by atoms with Crippen molar-refractivity contribution >= 4 is 0 Å². The number of rotatable bonds is 4. The third-order valence-electron chi connectivity index (χ3n) is 6.40. The highest BCUT2D eigenvalue weighted by Gasteiger charge is 2.42. The number of benzene rings is 1. The second-order valence-corrected chi connectivity index (χ2v) is 8.77. The summed E-state index contributed by atoms with van der Waals surface area (Å²) in [5.41, 5.74) is 5.41. The number of hydrogen-bond donors (Lipinski definition) is 2. The standard InChI is InChI=1S/C23H28N6O/c1-28(2)13-14-7-9-15(10-8-14)20-19(22-24-11-12-29(22)3)21-18-16(23(30)27-26-21)5-4-6-17(18)25-20/h7-12,17,19-20,25H,4-6,13H2,1-3H3,(H,27,30). The predicted molar refractivity (Wildman–Crippen MR) is 115 cm³/mol. The second kappa shape index (κ2) is 7.49. The van der Waals surface area contributed by atoms with Gasteiger partial charge in [0.05, 0.1) is 11.6 Å². The van der Waals surface area contributed by atoms with Crippen molar-refractivity contribution in [3.8, 4) is 0 Å². The molecule has 1 aromatic carbocycles. The van der Waals surface area contributed by atoms with Crippen LogP contribution in [-0.2, 0) is 20.0 Å². The van der Waals surface area contributed by atoms with Crippen LogP contribution in [0.2, 0.25) is 0 Å². The van der Waals surface area contributed by atoms with Crippen molar-refractivity contribution in [1.29, 1.82) is 0 Å². The van der Waals surface area contributed by atoms with Crippen LogP contribution >= 0.6 is 0 Å². The Morgan fingerprint density at radius 1 is 1.23 bits per heavy atom. The third kappa shape index (κ3) is 3.18. The largest absolute Gasteiger partial charge is 0.337 e. The Labute approximate surface area is 176 Å². The molecule has 0 saturated heterocycles. The van der Waals surface area contributed by atoms with Crippen molar-refractivity contribution in [2.24, 2.45) is 7.05 Å². The molecule has 0 spiro atoms. The molecule has 3 heterocycles. The molecule has 0 saturated carbocycles. The van der Waals surface area contributed by atoms with Gasteiger partial charge in [0, 0.05) is 49.2 Å². The molecule has 2 N–H and O–H groups in total. The van der Waals surface area contributed by atoms with Gasteiger partial charge in [0.2, 0.25) is 0 Å². The van der Waals surface area contributed by atoms with Gasteiger partial charge in [-0.3, -0.25) is 4.79 Å². The first-order valence-electron chi connectivity index (χ1n) is 10.6. The number of H-pyrrole nitrogens is 1. The van der Waals surface area contributed by atoms with Gasteiger partial charge in [-0.05, 0) is 44.5 Å². The SMILES string of the molecule is CN(C)Cc1ccc(C2NC3CCCc4c3c(n[nH]c4=O)C2c2nccn2C)cc1. The fourth-order valence-corrected chi connectivity index (χ4v) is 5.09. The molecule has 3 atom stereocenters. The summed E-state index contributed by atoms with van der Waals surface area (Å²) in [6.07, 6.45) is 6.65. The number of nitrogens with one attached hydrogen (secondary N) is 2. The van der Waals surface area contributed by atoms with Gasteiger partial charge < -0.3 is 14.8 Å². The molecular formula is C23H28N6O. The van der Waals surface area contributed by atoms with Gasteiger partial charge >= 0.3 is 0 Å². The van der Waals surface area contributed by atoms with E-state index in [9.17, 15) is 4.79 Å². The second-order valence-electron chi connectivity index (χ2n) is 8.77. The molecule has 0 radical (unpaired) electrons. The Hall–Kier alpha value is -2.77. The quantitative estimate of drug-likeness (QED) is 0.698. The van der Waals surface area contributed by atoms with Crippen LogP contribution in [0.5, 0.6) is 0 Å². The average molecular weight is 405 g/mol. The highest BCUT2D eigenvalue weighted by atomic mass is 16.1. The van der Waals surface area contributed by atoms with E-state index in [0.717, 1.165) is 48.5 Å². The number of aryl methyl sites for hydroxylation is 1. The maximum absolute atomic E-state index is 12.5. The summed E-state index contributed by atoms with van der Waals surface area (Å²) in [6, 6.07) is 9.03. The van der Waals surface area contributed by atoms with Gasteiger partial charge in [-0.15, -0.1) is 0 Å². The van der Waals surface area contributed by atoms with Gasteiger partial charge in [0.25, 0.3) is 5.56 Å². The number of nitrogens with zero attached hydrogens (tertiary/aromatic N) is 4. The van der Waals surface area contributed by atoms with Crippen LogP contribution in [0.4, 0.5) is 0 Å². The van der Waals surface area contributed by atoms with E-state index in [1.54, 1.807) is 0 Å². The van der Waals surface area contributed by atoms with Crippen molar-refractivity contribution in [1.82, 2.24) is 30.0 Å². The van der Waals surface area contributed by atoms with E-state index < -0.39 is 0 Å². The Morgan fingerprint density at radius 3 is 2.73 bits per heavy atom. The van der Waals surface area contributed by atoms with E-state index in [4.69, 9.17) is 0 Å². The Morgan fingerprint density at radius 2 is 2.03 bits per heavy atom. The monoisotopic (exact) mass is 404 g/mol. The van der Waals surface area contributed by atoms with Gasteiger partial charge in [0.1, 0.15) is 5.82 Å². The molecule has 2 aromatic heterocycles. The molecule has 5 rings (SSSR count). The average Bonchev–Trinajstić information content (AvgIpc) is 3.16. The summed E-state index contributed by atoms with van der Waals surface area (Å²) in [4.78, 5) is 19.3. The topological polar surface area (TPSA) is 78.8 Å². The first-order valence-corrected chi connectivity index (χ1v) is 10.6. The molecule has 0 bridgehead atoms. The highest BCUT2D eigenvalue weighted by molar-refractivity contribution is 5.44. The molecular weight excluding hydrogens is 376 g/mol. The Balaban J connectivity index is 1.64. The summed E-state index contributed by atoms with van der Waals surface area (Å²) >= 11 is 0. The molecule has 7 heteroatoms. The molecule has 3 unspecified atom stereocenters. The lowest BCUT2D eigenvalue weighted by Crippen LogP contribution is -2.42. The van der Waals surface area contributed by atoms with Crippen LogP contribution in [-0.4, -0.2) is 38.7 Å².